The van der Waals surface area contributed by atoms with Crippen LogP contribution < -0.4 is 5.32 Å². The summed E-state index contributed by atoms with van der Waals surface area (Å²) in [5.74, 6) is 0.900. The van der Waals surface area contributed by atoms with Crippen LogP contribution >= 0.6 is 0 Å². The molecule has 6 nitrogen and oxygen atoms in total. The maximum Gasteiger partial charge on any atom is 0.247 e. The van der Waals surface area contributed by atoms with E-state index in [-0.39, 0.29) is 18.4 Å². The average Bonchev–Trinajstić information content (AvgIpc) is 3.01. The summed E-state index contributed by atoms with van der Waals surface area (Å²) in [7, 11) is 0. The Balaban J connectivity index is 2.00. The van der Waals surface area contributed by atoms with Gasteiger partial charge in [0.05, 0.1) is 0 Å². The van der Waals surface area contributed by atoms with Gasteiger partial charge in [-0.15, -0.1) is 0 Å². The maximum absolute atomic E-state index is 12.5. The number of aromatic nitrogens is 1. The van der Waals surface area contributed by atoms with Crippen molar-refractivity contribution in [2.75, 3.05) is 18.4 Å². The van der Waals surface area contributed by atoms with E-state index < -0.39 is 0 Å². The van der Waals surface area contributed by atoms with E-state index in [4.69, 9.17) is 4.52 Å². The number of amides is 2. The first-order valence-electron chi connectivity index (χ1n) is 8.69. The predicted molar refractivity (Wildman–Crippen MR) is 101 cm³/mol. The second kappa shape index (κ2) is 9.56. The minimum atomic E-state index is -0.302. The Kier molecular flexibility index (Phi) is 7.14. The number of benzene rings is 1. The SMILES string of the molecule is Cc1cc(NC(=O)CN(CCC(C)C)C(=O)C=Cc2ccccc2)no1. The number of carbonyl (C=O) groups is 2. The largest absolute Gasteiger partial charge is 0.360 e. The first-order valence-corrected chi connectivity index (χ1v) is 8.69. The van der Waals surface area contributed by atoms with Crippen molar-refractivity contribution in [3.05, 3.63) is 53.8 Å². The van der Waals surface area contributed by atoms with Gasteiger partial charge in [0.2, 0.25) is 11.8 Å². The van der Waals surface area contributed by atoms with Gasteiger partial charge in [-0.2, -0.15) is 0 Å². The lowest BCUT2D eigenvalue weighted by Crippen LogP contribution is -2.38. The zero-order valence-corrected chi connectivity index (χ0v) is 15.4. The molecule has 0 radical (unpaired) electrons. The van der Waals surface area contributed by atoms with Gasteiger partial charge in [0.1, 0.15) is 12.3 Å². The van der Waals surface area contributed by atoms with Gasteiger partial charge < -0.3 is 14.7 Å². The molecular formula is C20H25N3O3. The Hall–Kier alpha value is -2.89. The van der Waals surface area contributed by atoms with Crippen LogP contribution in [0.4, 0.5) is 5.82 Å². The summed E-state index contributed by atoms with van der Waals surface area (Å²) in [6.07, 6.45) is 4.08. The topological polar surface area (TPSA) is 75.4 Å². The highest BCUT2D eigenvalue weighted by atomic mass is 16.5. The van der Waals surface area contributed by atoms with Gasteiger partial charge in [-0.25, -0.2) is 0 Å². The van der Waals surface area contributed by atoms with Gasteiger partial charge in [-0.3, -0.25) is 9.59 Å². The molecule has 0 aliphatic rings. The van der Waals surface area contributed by atoms with Crippen molar-refractivity contribution in [2.45, 2.75) is 27.2 Å². The molecule has 0 unspecified atom stereocenters. The van der Waals surface area contributed by atoms with E-state index in [2.05, 4.69) is 24.3 Å². The summed E-state index contributed by atoms with van der Waals surface area (Å²) in [5.41, 5.74) is 0.937. The van der Waals surface area contributed by atoms with Crippen molar-refractivity contribution < 1.29 is 14.1 Å². The van der Waals surface area contributed by atoms with Crippen molar-refractivity contribution >= 4 is 23.7 Å². The lowest BCUT2D eigenvalue weighted by molar-refractivity contribution is -0.130. The minimum Gasteiger partial charge on any atom is -0.360 e. The van der Waals surface area contributed by atoms with Gasteiger partial charge in [0, 0.05) is 18.7 Å². The van der Waals surface area contributed by atoms with Crippen molar-refractivity contribution in [1.29, 1.82) is 0 Å². The minimum absolute atomic E-state index is 0.0312. The number of hydrogen-bond donors (Lipinski definition) is 1. The number of nitrogens with one attached hydrogen (secondary N) is 1. The van der Waals surface area contributed by atoms with Crippen molar-refractivity contribution in [3.63, 3.8) is 0 Å². The van der Waals surface area contributed by atoms with Gasteiger partial charge >= 0.3 is 0 Å². The summed E-state index contributed by atoms with van der Waals surface area (Å²) >= 11 is 0. The highest BCUT2D eigenvalue weighted by Crippen LogP contribution is 2.09. The summed E-state index contributed by atoms with van der Waals surface area (Å²) in [5, 5.41) is 6.38. The van der Waals surface area contributed by atoms with E-state index >= 15 is 0 Å². The van der Waals surface area contributed by atoms with Crippen molar-refractivity contribution in [1.82, 2.24) is 10.1 Å². The lowest BCUT2D eigenvalue weighted by Gasteiger charge is -2.21. The molecule has 2 rings (SSSR count). The van der Waals surface area contributed by atoms with E-state index in [1.165, 1.54) is 6.08 Å². The highest BCUT2D eigenvalue weighted by molar-refractivity contribution is 5.97. The molecule has 1 N–H and O–H groups in total. The number of nitrogens with zero attached hydrogens (tertiary/aromatic N) is 2. The Bertz CT molecular complexity index is 751. The van der Waals surface area contributed by atoms with Gasteiger partial charge in [-0.1, -0.05) is 49.3 Å². The van der Waals surface area contributed by atoms with Gasteiger partial charge in [0.25, 0.3) is 0 Å². The van der Waals surface area contributed by atoms with E-state index in [1.54, 1.807) is 24.0 Å². The molecule has 1 heterocycles. The van der Waals surface area contributed by atoms with Crippen LogP contribution in [0, 0.1) is 12.8 Å². The zero-order chi connectivity index (χ0) is 18.9. The molecule has 138 valence electrons. The van der Waals surface area contributed by atoms with E-state index in [9.17, 15) is 9.59 Å². The number of aryl methyl sites for hydroxylation is 1. The molecule has 2 amide bonds. The van der Waals surface area contributed by atoms with Crippen LogP contribution in [-0.4, -0.2) is 35.0 Å². The van der Waals surface area contributed by atoms with E-state index in [1.807, 2.05) is 30.3 Å². The molecule has 0 aliphatic heterocycles. The smallest absolute Gasteiger partial charge is 0.247 e. The molecule has 0 atom stereocenters. The van der Waals surface area contributed by atoms with Crippen LogP contribution in [0.5, 0.6) is 0 Å². The van der Waals surface area contributed by atoms with Crippen LogP contribution in [0.15, 0.2) is 47.0 Å². The number of anilines is 1. The van der Waals surface area contributed by atoms with Crippen LogP contribution in [-0.2, 0) is 9.59 Å². The van der Waals surface area contributed by atoms with Crippen LogP contribution in [0.1, 0.15) is 31.6 Å². The van der Waals surface area contributed by atoms with E-state index in [0.29, 0.717) is 24.0 Å². The summed E-state index contributed by atoms with van der Waals surface area (Å²) < 4.78 is 4.93. The normalized spacial score (nSPS) is 11.1. The predicted octanol–water partition coefficient (Wildman–Crippen LogP) is 3.51. The van der Waals surface area contributed by atoms with Crippen LogP contribution in [0.2, 0.25) is 0 Å². The fourth-order valence-corrected chi connectivity index (χ4v) is 2.30. The first-order chi connectivity index (χ1) is 12.4. The average molecular weight is 355 g/mol. The Labute approximate surface area is 153 Å². The molecule has 1 aromatic carbocycles. The fourth-order valence-electron chi connectivity index (χ4n) is 2.30. The first kappa shape index (κ1) is 19.4. The number of hydrogen-bond acceptors (Lipinski definition) is 4. The molecule has 0 aliphatic carbocycles. The molecule has 1 aromatic heterocycles. The molecule has 0 saturated heterocycles. The molecule has 2 aromatic rings. The molecule has 0 bridgehead atoms. The highest BCUT2D eigenvalue weighted by Gasteiger charge is 2.16. The molecule has 0 fully saturated rings. The second-order valence-corrected chi connectivity index (χ2v) is 6.56. The number of carbonyl (C=O) groups excluding carboxylic acids is 2. The summed E-state index contributed by atoms with van der Waals surface area (Å²) in [4.78, 5) is 26.3. The third kappa shape index (κ3) is 6.55. The van der Waals surface area contributed by atoms with E-state index in [0.717, 1.165) is 12.0 Å². The summed E-state index contributed by atoms with van der Waals surface area (Å²) in [6.45, 7) is 6.40. The standard InChI is InChI=1S/C20H25N3O3/c1-15(2)11-12-23(14-19(24)21-18-13-16(3)26-22-18)20(25)10-9-17-7-5-4-6-8-17/h4-10,13,15H,11-12,14H2,1-3H3,(H,21,22,24). The quantitative estimate of drug-likeness (QED) is 0.735. The third-order valence-electron chi connectivity index (χ3n) is 3.74. The Morgan fingerprint density at radius 2 is 2.00 bits per heavy atom. The molecule has 0 spiro atoms. The fraction of sp³-hybridized carbons (Fsp3) is 0.350. The van der Waals surface area contributed by atoms with Crippen LogP contribution in [0.3, 0.4) is 0 Å². The monoisotopic (exact) mass is 355 g/mol. The summed E-state index contributed by atoms with van der Waals surface area (Å²) in [6, 6.07) is 11.2. The molecule has 6 heteroatoms. The van der Waals surface area contributed by atoms with Crippen molar-refractivity contribution in [2.24, 2.45) is 5.92 Å². The zero-order valence-electron chi connectivity index (χ0n) is 15.4. The molecular weight excluding hydrogens is 330 g/mol. The second-order valence-electron chi connectivity index (χ2n) is 6.56. The van der Waals surface area contributed by atoms with Crippen molar-refractivity contribution in [3.8, 4) is 0 Å². The van der Waals surface area contributed by atoms with Gasteiger partial charge in [-0.05, 0) is 30.9 Å². The lowest BCUT2D eigenvalue weighted by atomic mass is 10.1. The Morgan fingerprint density at radius 3 is 2.62 bits per heavy atom. The molecule has 26 heavy (non-hydrogen) atoms. The maximum atomic E-state index is 12.5. The van der Waals surface area contributed by atoms with Gasteiger partial charge in [0.15, 0.2) is 5.82 Å². The third-order valence-corrected chi connectivity index (χ3v) is 3.74. The van der Waals surface area contributed by atoms with Crippen LogP contribution in [0.25, 0.3) is 6.08 Å². The Morgan fingerprint density at radius 1 is 1.27 bits per heavy atom. The molecule has 0 saturated carbocycles. The number of rotatable bonds is 8.